The molecule has 4 heteroatoms. The molecule has 0 radical (unpaired) electrons. The number of nitrogens with one attached hydrogen (secondary N) is 2. The van der Waals surface area contributed by atoms with Crippen LogP contribution < -0.4 is 10.6 Å². The van der Waals surface area contributed by atoms with Crippen molar-refractivity contribution < 1.29 is 8.78 Å². The first-order chi connectivity index (χ1) is 8.72. The quantitative estimate of drug-likeness (QED) is 0.804. The molecule has 92 valence electrons. The standard InChI is InChI=1S/C14H12F2N2/c15-10-3-1-9(2-4-10)14-8-17-13-7-11(16)5-6-12(13)18-14/h1-7,14,17-18H,8H2. The number of anilines is 2. The molecule has 18 heavy (non-hydrogen) atoms. The summed E-state index contributed by atoms with van der Waals surface area (Å²) < 4.78 is 25.9. The summed E-state index contributed by atoms with van der Waals surface area (Å²) in [6.45, 7) is 0.641. The van der Waals surface area contributed by atoms with Crippen LogP contribution in [0.1, 0.15) is 11.6 Å². The second kappa shape index (κ2) is 4.29. The van der Waals surface area contributed by atoms with Crippen LogP contribution in [0.25, 0.3) is 0 Å². The van der Waals surface area contributed by atoms with Crippen LogP contribution >= 0.6 is 0 Å². The van der Waals surface area contributed by atoms with Crippen LogP contribution in [0.2, 0.25) is 0 Å². The molecule has 1 aliphatic heterocycles. The van der Waals surface area contributed by atoms with Gasteiger partial charge in [0.15, 0.2) is 0 Å². The van der Waals surface area contributed by atoms with Gasteiger partial charge < -0.3 is 10.6 Å². The van der Waals surface area contributed by atoms with Crippen molar-refractivity contribution in [1.29, 1.82) is 0 Å². The van der Waals surface area contributed by atoms with Crippen molar-refractivity contribution in [1.82, 2.24) is 0 Å². The molecular weight excluding hydrogens is 234 g/mol. The lowest BCUT2D eigenvalue weighted by atomic mass is 10.0. The van der Waals surface area contributed by atoms with Crippen LogP contribution in [0, 0.1) is 11.6 Å². The lowest BCUT2D eigenvalue weighted by Gasteiger charge is -2.28. The van der Waals surface area contributed by atoms with E-state index in [1.807, 2.05) is 0 Å². The molecule has 1 heterocycles. The summed E-state index contributed by atoms with van der Waals surface area (Å²) in [5, 5.41) is 6.48. The molecule has 0 fully saturated rings. The number of hydrogen-bond donors (Lipinski definition) is 2. The molecule has 0 aromatic heterocycles. The van der Waals surface area contributed by atoms with Gasteiger partial charge in [-0.1, -0.05) is 12.1 Å². The summed E-state index contributed by atoms with van der Waals surface area (Å²) in [6, 6.07) is 11.0. The normalized spacial score (nSPS) is 17.6. The summed E-state index contributed by atoms with van der Waals surface area (Å²) in [7, 11) is 0. The summed E-state index contributed by atoms with van der Waals surface area (Å²) >= 11 is 0. The lowest BCUT2D eigenvalue weighted by molar-refractivity contribution is 0.624. The fourth-order valence-corrected chi connectivity index (χ4v) is 2.14. The van der Waals surface area contributed by atoms with Crippen molar-refractivity contribution in [2.75, 3.05) is 17.2 Å². The maximum absolute atomic E-state index is 13.0. The minimum Gasteiger partial charge on any atom is -0.381 e. The molecule has 0 aliphatic carbocycles. The van der Waals surface area contributed by atoms with E-state index in [-0.39, 0.29) is 17.7 Å². The number of halogens is 2. The van der Waals surface area contributed by atoms with Crippen LogP contribution in [0.15, 0.2) is 42.5 Å². The molecule has 0 saturated heterocycles. The van der Waals surface area contributed by atoms with Crippen LogP contribution in [-0.2, 0) is 0 Å². The number of fused-ring (bicyclic) bond motifs is 1. The van der Waals surface area contributed by atoms with Gasteiger partial charge in [0.05, 0.1) is 17.4 Å². The third kappa shape index (κ3) is 2.01. The Hall–Kier alpha value is -2.10. The van der Waals surface area contributed by atoms with Crippen molar-refractivity contribution in [3.05, 3.63) is 59.7 Å². The Labute approximate surface area is 104 Å². The molecule has 1 atom stereocenters. The molecule has 2 aromatic carbocycles. The lowest BCUT2D eigenvalue weighted by Crippen LogP contribution is -2.25. The Kier molecular flexibility index (Phi) is 2.63. The summed E-state index contributed by atoms with van der Waals surface area (Å²) in [4.78, 5) is 0. The van der Waals surface area contributed by atoms with Gasteiger partial charge in [-0.05, 0) is 35.9 Å². The first-order valence-corrected chi connectivity index (χ1v) is 5.78. The maximum Gasteiger partial charge on any atom is 0.125 e. The van der Waals surface area contributed by atoms with E-state index in [4.69, 9.17) is 0 Å². The highest BCUT2D eigenvalue weighted by molar-refractivity contribution is 5.71. The van der Waals surface area contributed by atoms with Gasteiger partial charge in [-0.15, -0.1) is 0 Å². The third-order valence-corrected chi connectivity index (χ3v) is 3.08. The van der Waals surface area contributed by atoms with E-state index in [9.17, 15) is 8.78 Å². The highest BCUT2D eigenvalue weighted by atomic mass is 19.1. The Morgan fingerprint density at radius 3 is 2.39 bits per heavy atom. The molecule has 3 rings (SSSR count). The predicted octanol–water partition coefficient (Wildman–Crippen LogP) is 3.54. The van der Waals surface area contributed by atoms with Crippen molar-refractivity contribution >= 4 is 11.4 Å². The van der Waals surface area contributed by atoms with E-state index in [0.717, 1.165) is 16.9 Å². The average molecular weight is 246 g/mol. The van der Waals surface area contributed by atoms with Crippen LogP contribution in [0.4, 0.5) is 20.2 Å². The van der Waals surface area contributed by atoms with E-state index in [2.05, 4.69) is 10.6 Å². The van der Waals surface area contributed by atoms with Gasteiger partial charge in [0.1, 0.15) is 11.6 Å². The second-order valence-corrected chi connectivity index (χ2v) is 4.32. The molecule has 0 amide bonds. The highest BCUT2D eigenvalue weighted by Gasteiger charge is 2.18. The van der Waals surface area contributed by atoms with Gasteiger partial charge in [0.25, 0.3) is 0 Å². The van der Waals surface area contributed by atoms with E-state index >= 15 is 0 Å². The van der Waals surface area contributed by atoms with Crippen molar-refractivity contribution in [3.63, 3.8) is 0 Å². The van der Waals surface area contributed by atoms with Gasteiger partial charge in [0, 0.05) is 6.54 Å². The van der Waals surface area contributed by atoms with Crippen LogP contribution in [-0.4, -0.2) is 6.54 Å². The monoisotopic (exact) mass is 246 g/mol. The minimum absolute atomic E-state index is 0.0589. The van der Waals surface area contributed by atoms with E-state index < -0.39 is 0 Å². The largest absolute Gasteiger partial charge is 0.381 e. The topological polar surface area (TPSA) is 24.1 Å². The molecule has 2 N–H and O–H groups in total. The zero-order chi connectivity index (χ0) is 12.5. The number of hydrogen-bond acceptors (Lipinski definition) is 2. The van der Waals surface area contributed by atoms with Gasteiger partial charge in [0.2, 0.25) is 0 Å². The summed E-state index contributed by atoms with van der Waals surface area (Å²) in [5.74, 6) is -0.506. The van der Waals surface area contributed by atoms with Gasteiger partial charge in [-0.3, -0.25) is 0 Å². The summed E-state index contributed by atoms with van der Waals surface area (Å²) in [5.41, 5.74) is 2.62. The van der Waals surface area contributed by atoms with Crippen molar-refractivity contribution in [2.24, 2.45) is 0 Å². The van der Waals surface area contributed by atoms with E-state index in [1.54, 1.807) is 18.2 Å². The molecule has 0 bridgehead atoms. The average Bonchev–Trinajstić information content (AvgIpc) is 2.39. The molecule has 0 spiro atoms. The van der Waals surface area contributed by atoms with E-state index in [1.165, 1.54) is 24.3 Å². The summed E-state index contributed by atoms with van der Waals surface area (Å²) in [6.07, 6.45) is 0. The van der Waals surface area contributed by atoms with Gasteiger partial charge in [-0.2, -0.15) is 0 Å². The maximum atomic E-state index is 13.0. The van der Waals surface area contributed by atoms with Crippen molar-refractivity contribution in [3.8, 4) is 0 Å². The molecule has 2 aromatic rings. The van der Waals surface area contributed by atoms with Gasteiger partial charge >= 0.3 is 0 Å². The molecular formula is C14H12F2N2. The minimum atomic E-state index is -0.261. The zero-order valence-corrected chi connectivity index (χ0v) is 9.58. The van der Waals surface area contributed by atoms with Gasteiger partial charge in [-0.25, -0.2) is 8.78 Å². The first kappa shape index (κ1) is 11.0. The van der Waals surface area contributed by atoms with Crippen LogP contribution in [0.5, 0.6) is 0 Å². The smallest absolute Gasteiger partial charge is 0.125 e. The zero-order valence-electron chi connectivity index (χ0n) is 9.58. The molecule has 0 saturated carbocycles. The highest BCUT2D eigenvalue weighted by Crippen LogP contribution is 2.31. The molecule has 1 aliphatic rings. The van der Waals surface area contributed by atoms with Crippen LogP contribution in [0.3, 0.4) is 0 Å². The SMILES string of the molecule is Fc1ccc(C2CNc3cc(F)ccc3N2)cc1. The first-order valence-electron chi connectivity index (χ1n) is 5.78. The Morgan fingerprint density at radius 1 is 0.889 bits per heavy atom. The molecule has 2 nitrogen and oxygen atoms in total. The Bertz CT molecular complexity index is 567. The second-order valence-electron chi connectivity index (χ2n) is 4.32. The number of benzene rings is 2. The Morgan fingerprint density at radius 2 is 1.61 bits per heavy atom. The fourth-order valence-electron chi connectivity index (χ4n) is 2.14. The Balaban J connectivity index is 1.86. The van der Waals surface area contributed by atoms with Crippen molar-refractivity contribution in [2.45, 2.75) is 6.04 Å². The third-order valence-electron chi connectivity index (χ3n) is 3.08. The fraction of sp³-hybridized carbons (Fsp3) is 0.143. The van der Waals surface area contributed by atoms with E-state index in [0.29, 0.717) is 6.54 Å². The predicted molar refractivity (Wildman–Crippen MR) is 67.7 cm³/mol. The molecule has 1 unspecified atom stereocenters. The number of rotatable bonds is 1.